The van der Waals surface area contributed by atoms with E-state index in [1.165, 1.54) is 24.5 Å². The van der Waals surface area contributed by atoms with Gasteiger partial charge in [-0.1, -0.05) is 0 Å². The van der Waals surface area contributed by atoms with Gasteiger partial charge in [0, 0.05) is 24.4 Å². The minimum atomic E-state index is -3.03. The molecule has 0 aliphatic heterocycles. The van der Waals surface area contributed by atoms with E-state index in [2.05, 4.69) is 0 Å². The number of rotatable bonds is 5. The van der Waals surface area contributed by atoms with Crippen LogP contribution in [0.4, 0.5) is 4.39 Å². The fourth-order valence-electron chi connectivity index (χ4n) is 1.60. The van der Waals surface area contributed by atoms with Crippen molar-refractivity contribution in [1.29, 1.82) is 0 Å². The lowest BCUT2D eigenvalue weighted by molar-refractivity contribution is 0.270. The molecule has 1 aromatic carbocycles. The maximum absolute atomic E-state index is 13.1. The van der Waals surface area contributed by atoms with E-state index < -0.39 is 15.7 Å². The van der Waals surface area contributed by atoms with Gasteiger partial charge in [0.15, 0.2) is 0 Å². The molecule has 0 saturated carbocycles. The SMILES string of the molecule is CC(c1cc(F)ccc1O)N(C)CCS(C)(=O)=O. The number of hydrogen-bond acceptors (Lipinski definition) is 4. The van der Waals surface area contributed by atoms with Crippen LogP contribution in [0, 0.1) is 5.82 Å². The molecule has 4 nitrogen and oxygen atoms in total. The van der Waals surface area contributed by atoms with Crippen molar-refractivity contribution >= 4 is 9.84 Å². The van der Waals surface area contributed by atoms with Gasteiger partial charge >= 0.3 is 0 Å². The average Bonchev–Trinajstić information content (AvgIpc) is 2.27. The van der Waals surface area contributed by atoms with E-state index in [-0.39, 0.29) is 17.5 Å². The fourth-order valence-corrected chi connectivity index (χ4v) is 2.22. The normalized spacial score (nSPS) is 13.8. The maximum atomic E-state index is 13.1. The summed E-state index contributed by atoms with van der Waals surface area (Å²) in [6.45, 7) is 2.12. The van der Waals surface area contributed by atoms with E-state index in [1.54, 1.807) is 18.9 Å². The molecular weight excluding hydrogens is 257 g/mol. The molecular formula is C12H18FNO3S. The molecule has 0 aliphatic rings. The number of nitrogens with zero attached hydrogens (tertiary/aromatic N) is 1. The third-order valence-electron chi connectivity index (χ3n) is 2.92. The first kappa shape index (κ1) is 14.9. The zero-order chi connectivity index (χ0) is 13.9. The van der Waals surface area contributed by atoms with Gasteiger partial charge in [-0.3, -0.25) is 4.90 Å². The Hall–Kier alpha value is -1.14. The van der Waals surface area contributed by atoms with Gasteiger partial charge in [0.1, 0.15) is 21.4 Å². The van der Waals surface area contributed by atoms with Crippen molar-refractivity contribution in [3.05, 3.63) is 29.6 Å². The topological polar surface area (TPSA) is 57.6 Å². The quantitative estimate of drug-likeness (QED) is 0.886. The van der Waals surface area contributed by atoms with Crippen LogP contribution in [0.15, 0.2) is 18.2 Å². The summed E-state index contributed by atoms with van der Waals surface area (Å²) in [7, 11) is -1.30. The lowest BCUT2D eigenvalue weighted by Gasteiger charge is -2.25. The minimum absolute atomic E-state index is 0.00936. The molecule has 0 aliphatic carbocycles. The van der Waals surface area contributed by atoms with Crippen LogP contribution in [-0.2, 0) is 9.84 Å². The first-order valence-electron chi connectivity index (χ1n) is 5.57. The molecule has 1 atom stereocenters. The lowest BCUT2D eigenvalue weighted by atomic mass is 10.1. The summed E-state index contributed by atoms with van der Waals surface area (Å²) in [5.41, 5.74) is 0.450. The molecule has 0 aromatic heterocycles. The molecule has 1 unspecified atom stereocenters. The highest BCUT2D eigenvalue weighted by Crippen LogP contribution is 2.28. The Kier molecular flexibility index (Phi) is 4.70. The van der Waals surface area contributed by atoms with Crippen molar-refractivity contribution in [1.82, 2.24) is 4.90 Å². The highest BCUT2D eigenvalue weighted by molar-refractivity contribution is 7.90. The van der Waals surface area contributed by atoms with Gasteiger partial charge in [-0.15, -0.1) is 0 Å². The number of halogens is 1. The van der Waals surface area contributed by atoms with Crippen LogP contribution in [0.3, 0.4) is 0 Å². The van der Waals surface area contributed by atoms with Crippen LogP contribution in [-0.4, -0.2) is 44.0 Å². The molecule has 0 radical (unpaired) electrons. The molecule has 6 heteroatoms. The van der Waals surface area contributed by atoms with E-state index in [4.69, 9.17) is 0 Å². The van der Waals surface area contributed by atoms with E-state index >= 15 is 0 Å². The zero-order valence-electron chi connectivity index (χ0n) is 10.7. The van der Waals surface area contributed by atoms with Crippen LogP contribution in [0.25, 0.3) is 0 Å². The smallest absolute Gasteiger partial charge is 0.148 e. The second-order valence-corrected chi connectivity index (χ2v) is 6.75. The van der Waals surface area contributed by atoms with Crippen LogP contribution in [0.5, 0.6) is 5.75 Å². The van der Waals surface area contributed by atoms with Crippen molar-refractivity contribution in [3.8, 4) is 5.75 Å². The van der Waals surface area contributed by atoms with Gasteiger partial charge in [-0.05, 0) is 32.2 Å². The van der Waals surface area contributed by atoms with Crippen molar-refractivity contribution in [2.24, 2.45) is 0 Å². The van der Waals surface area contributed by atoms with Gasteiger partial charge < -0.3 is 5.11 Å². The predicted molar refractivity (Wildman–Crippen MR) is 68.8 cm³/mol. The van der Waals surface area contributed by atoms with Crippen molar-refractivity contribution < 1.29 is 17.9 Å². The van der Waals surface area contributed by atoms with Crippen molar-refractivity contribution in [3.63, 3.8) is 0 Å². The van der Waals surface area contributed by atoms with Crippen LogP contribution < -0.4 is 0 Å². The Balaban J connectivity index is 2.80. The van der Waals surface area contributed by atoms with Gasteiger partial charge in [0.2, 0.25) is 0 Å². The molecule has 1 aromatic rings. The summed E-state index contributed by atoms with van der Waals surface area (Å²) in [6, 6.07) is 3.48. The Morgan fingerprint density at radius 1 is 1.44 bits per heavy atom. The standard InChI is InChI=1S/C12H18FNO3S/c1-9(14(2)6-7-18(3,16)17)11-8-10(13)4-5-12(11)15/h4-5,8-9,15H,6-7H2,1-3H3. The van der Waals surface area contributed by atoms with Gasteiger partial charge in [-0.25, -0.2) is 12.8 Å². The fraction of sp³-hybridized carbons (Fsp3) is 0.500. The Labute approximate surface area is 107 Å². The molecule has 1 rings (SSSR count). The number of sulfone groups is 1. The monoisotopic (exact) mass is 275 g/mol. The second-order valence-electron chi connectivity index (χ2n) is 4.49. The van der Waals surface area contributed by atoms with Crippen molar-refractivity contribution in [2.45, 2.75) is 13.0 Å². The summed E-state index contributed by atoms with van der Waals surface area (Å²) in [5.74, 6) is -0.384. The number of phenolic OH excluding ortho intramolecular Hbond substituents is 1. The van der Waals surface area contributed by atoms with E-state index in [1.807, 2.05) is 0 Å². The Morgan fingerprint density at radius 3 is 2.61 bits per heavy atom. The summed E-state index contributed by atoms with van der Waals surface area (Å²) in [6.07, 6.45) is 1.17. The predicted octanol–water partition coefficient (Wildman–Crippen LogP) is 1.57. The summed E-state index contributed by atoms with van der Waals surface area (Å²) in [5, 5.41) is 9.67. The van der Waals surface area contributed by atoms with Crippen LogP contribution in [0.1, 0.15) is 18.5 Å². The van der Waals surface area contributed by atoms with Crippen LogP contribution in [0.2, 0.25) is 0 Å². The first-order valence-corrected chi connectivity index (χ1v) is 7.63. The average molecular weight is 275 g/mol. The number of benzene rings is 1. The highest BCUT2D eigenvalue weighted by atomic mass is 32.2. The maximum Gasteiger partial charge on any atom is 0.148 e. The van der Waals surface area contributed by atoms with Crippen LogP contribution >= 0.6 is 0 Å². The number of aromatic hydroxyl groups is 1. The van der Waals surface area contributed by atoms with Gasteiger partial charge in [0.05, 0.1) is 5.75 Å². The molecule has 0 fully saturated rings. The molecule has 102 valence electrons. The number of hydrogen-bond donors (Lipinski definition) is 1. The second kappa shape index (κ2) is 5.67. The summed E-state index contributed by atoms with van der Waals surface area (Å²) >= 11 is 0. The van der Waals surface area contributed by atoms with E-state index in [9.17, 15) is 17.9 Å². The van der Waals surface area contributed by atoms with Gasteiger partial charge in [-0.2, -0.15) is 0 Å². The Bertz CT molecular complexity index is 516. The number of phenols is 1. The van der Waals surface area contributed by atoms with E-state index in [0.717, 1.165) is 0 Å². The molecule has 0 saturated heterocycles. The summed E-state index contributed by atoms with van der Waals surface area (Å²) in [4.78, 5) is 1.76. The third-order valence-corrected chi connectivity index (χ3v) is 3.84. The largest absolute Gasteiger partial charge is 0.508 e. The zero-order valence-corrected chi connectivity index (χ0v) is 11.5. The third kappa shape index (κ3) is 4.27. The summed E-state index contributed by atoms with van der Waals surface area (Å²) < 4.78 is 35.3. The molecule has 18 heavy (non-hydrogen) atoms. The minimum Gasteiger partial charge on any atom is -0.508 e. The molecule has 0 spiro atoms. The van der Waals surface area contributed by atoms with Crippen molar-refractivity contribution in [2.75, 3.05) is 25.6 Å². The molecule has 0 heterocycles. The Morgan fingerprint density at radius 2 is 2.06 bits per heavy atom. The molecule has 1 N–H and O–H groups in total. The van der Waals surface area contributed by atoms with Gasteiger partial charge in [0.25, 0.3) is 0 Å². The molecule has 0 amide bonds. The first-order chi connectivity index (χ1) is 8.20. The highest BCUT2D eigenvalue weighted by Gasteiger charge is 2.17. The van der Waals surface area contributed by atoms with E-state index in [0.29, 0.717) is 12.1 Å². The molecule has 0 bridgehead atoms. The lowest BCUT2D eigenvalue weighted by Crippen LogP contribution is -2.28.